The quantitative estimate of drug-likeness (QED) is 0.631. The molecule has 0 aromatic heterocycles. The van der Waals surface area contributed by atoms with Gasteiger partial charge in [0.05, 0.1) is 0 Å². The number of carboxylic acids is 1. The summed E-state index contributed by atoms with van der Waals surface area (Å²) < 4.78 is 0.735. The molecule has 0 aliphatic carbocycles. The van der Waals surface area contributed by atoms with Gasteiger partial charge in [0.1, 0.15) is 0 Å². The first kappa shape index (κ1) is 10.7. The number of halogens is 2. The molecule has 0 amide bonds. The Labute approximate surface area is 88.0 Å². The van der Waals surface area contributed by atoms with Crippen LogP contribution in [0, 0.1) is 0 Å². The molecule has 1 aromatic carbocycles. The van der Waals surface area contributed by atoms with Crippen molar-refractivity contribution in [1.82, 2.24) is 0 Å². The topological polar surface area (TPSA) is 63.3 Å². The molecule has 0 saturated carbocycles. The Bertz CT molecular complexity index is 343. The number of hydrogen-bond acceptors (Lipinski definition) is 2. The van der Waals surface area contributed by atoms with Gasteiger partial charge in [-0.25, -0.2) is 0 Å². The minimum atomic E-state index is -2.00. The van der Waals surface area contributed by atoms with Crippen LogP contribution in [-0.2, 0) is 0 Å². The Hall–Kier alpha value is -0.372. The molecular formula is C7H6AsCl2NO2. The van der Waals surface area contributed by atoms with Crippen LogP contribution in [0.25, 0.3) is 0 Å². The molecule has 0 heterocycles. The predicted molar refractivity (Wildman–Crippen MR) is 54.9 cm³/mol. The van der Waals surface area contributed by atoms with E-state index in [1.807, 2.05) is 0 Å². The van der Waals surface area contributed by atoms with Gasteiger partial charge in [-0.15, -0.1) is 0 Å². The van der Waals surface area contributed by atoms with Crippen molar-refractivity contribution in [3.63, 3.8) is 0 Å². The molecule has 0 spiro atoms. The van der Waals surface area contributed by atoms with Gasteiger partial charge in [0.2, 0.25) is 0 Å². The first-order valence-corrected chi connectivity index (χ1v) is 9.14. The molecule has 0 bridgehead atoms. The minimum absolute atomic E-state index is 0.0768. The van der Waals surface area contributed by atoms with E-state index in [0.717, 1.165) is 4.35 Å². The van der Waals surface area contributed by atoms with Gasteiger partial charge in [-0.1, -0.05) is 0 Å². The molecule has 3 N–H and O–H groups in total. The third-order valence-corrected chi connectivity index (χ3v) is 4.89. The monoisotopic (exact) mass is 281 g/mol. The average molecular weight is 282 g/mol. The molecule has 0 radical (unpaired) electrons. The van der Waals surface area contributed by atoms with Crippen LogP contribution in [0.15, 0.2) is 18.2 Å². The van der Waals surface area contributed by atoms with Crippen molar-refractivity contribution < 1.29 is 9.90 Å². The van der Waals surface area contributed by atoms with E-state index < -0.39 is 18.7 Å². The van der Waals surface area contributed by atoms with Crippen LogP contribution < -0.4 is 10.1 Å². The van der Waals surface area contributed by atoms with Gasteiger partial charge in [0.25, 0.3) is 0 Å². The Morgan fingerprint density at radius 1 is 1.46 bits per heavy atom. The number of anilines is 1. The van der Waals surface area contributed by atoms with E-state index in [9.17, 15) is 4.79 Å². The molecule has 0 saturated heterocycles. The second-order valence-electron chi connectivity index (χ2n) is 2.31. The van der Waals surface area contributed by atoms with Crippen molar-refractivity contribution in [3.8, 4) is 0 Å². The normalized spacial score (nSPS) is 10.4. The molecule has 3 nitrogen and oxygen atoms in total. The Kier molecular flexibility index (Phi) is 3.48. The zero-order chi connectivity index (χ0) is 10.0. The summed E-state index contributed by atoms with van der Waals surface area (Å²) in [6, 6.07) is 4.53. The SMILES string of the molecule is Nc1cc([As](Cl)Cl)ccc1C(=O)O. The second-order valence-corrected chi connectivity index (χ2v) is 8.78. The fraction of sp³-hybridized carbons (Fsp3) is 0. The summed E-state index contributed by atoms with van der Waals surface area (Å²) in [7, 11) is 11.4. The summed E-state index contributed by atoms with van der Waals surface area (Å²) >= 11 is -2.00. The summed E-state index contributed by atoms with van der Waals surface area (Å²) in [6.07, 6.45) is 0. The van der Waals surface area contributed by atoms with E-state index in [-0.39, 0.29) is 11.3 Å². The standard InChI is InChI=1S/C7H6AsCl2NO2/c9-8(10)4-1-2-5(7(12)13)6(11)3-4/h1-3H,11H2,(H,12,13). The van der Waals surface area contributed by atoms with Crippen LogP contribution in [0.5, 0.6) is 0 Å². The number of carboxylic acid groups (broad SMARTS) is 1. The van der Waals surface area contributed by atoms with Crippen LogP contribution in [-0.4, -0.2) is 23.8 Å². The van der Waals surface area contributed by atoms with Crippen LogP contribution in [0.2, 0.25) is 0 Å². The van der Waals surface area contributed by atoms with Crippen molar-refractivity contribution in [3.05, 3.63) is 23.8 Å². The Morgan fingerprint density at radius 3 is 2.46 bits per heavy atom. The first-order chi connectivity index (χ1) is 6.02. The van der Waals surface area contributed by atoms with Crippen LogP contribution in [0.4, 0.5) is 5.69 Å². The molecular weight excluding hydrogens is 276 g/mol. The van der Waals surface area contributed by atoms with Gasteiger partial charge in [0, 0.05) is 0 Å². The molecule has 0 atom stereocenters. The zero-order valence-electron chi connectivity index (χ0n) is 6.37. The number of aromatic carboxylic acids is 1. The number of hydrogen-bond donors (Lipinski definition) is 2. The van der Waals surface area contributed by atoms with Gasteiger partial charge in [0.15, 0.2) is 0 Å². The van der Waals surface area contributed by atoms with E-state index >= 15 is 0 Å². The third-order valence-electron chi connectivity index (χ3n) is 1.46. The number of benzene rings is 1. The van der Waals surface area contributed by atoms with E-state index in [1.54, 1.807) is 6.07 Å². The molecule has 13 heavy (non-hydrogen) atoms. The summed E-state index contributed by atoms with van der Waals surface area (Å²) in [5.74, 6) is -1.05. The van der Waals surface area contributed by atoms with Gasteiger partial charge in [-0.05, 0) is 0 Å². The van der Waals surface area contributed by atoms with Crippen LogP contribution in [0.1, 0.15) is 10.4 Å². The van der Waals surface area contributed by atoms with E-state index in [4.69, 9.17) is 30.7 Å². The number of nitrogen functional groups attached to an aromatic ring is 1. The van der Waals surface area contributed by atoms with Gasteiger partial charge >= 0.3 is 88.1 Å². The van der Waals surface area contributed by atoms with Gasteiger partial charge in [-0.3, -0.25) is 0 Å². The third kappa shape index (κ3) is 2.53. The molecule has 0 aliphatic rings. The average Bonchev–Trinajstić information content (AvgIpc) is 2.03. The maximum absolute atomic E-state index is 10.6. The molecule has 1 rings (SSSR count). The summed E-state index contributed by atoms with van der Waals surface area (Å²) in [5.41, 5.74) is 5.76. The van der Waals surface area contributed by atoms with Crippen LogP contribution in [0.3, 0.4) is 0 Å². The fourth-order valence-electron chi connectivity index (χ4n) is 0.850. The maximum atomic E-state index is 10.6. The number of nitrogens with two attached hydrogens (primary N) is 1. The first-order valence-electron chi connectivity index (χ1n) is 3.27. The van der Waals surface area contributed by atoms with Gasteiger partial charge < -0.3 is 0 Å². The molecule has 0 aliphatic heterocycles. The molecule has 1 aromatic rings. The molecule has 6 heteroatoms. The van der Waals surface area contributed by atoms with E-state index in [1.165, 1.54) is 12.1 Å². The fourth-order valence-corrected chi connectivity index (χ4v) is 2.83. The summed E-state index contributed by atoms with van der Waals surface area (Å²) in [4.78, 5) is 10.6. The zero-order valence-corrected chi connectivity index (χ0v) is 9.76. The molecule has 70 valence electrons. The van der Waals surface area contributed by atoms with Crippen molar-refractivity contribution in [2.45, 2.75) is 0 Å². The predicted octanol–water partition coefficient (Wildman–Crippen LogP) is 1.14. The van der Waals surface area contributed by atoms with Crippen molar-refractivity contribution in [1.29, 1.82) is 0 Å². The number of rotatable bonds is 2. The van der Waals surface area contributed by atoms with Crippen molar-refractivity contribution in [2.24, 2.45) is 0 Å². The molecule has 0 fully saturated rings. The van der Waals surface area contributed by atoms with E-state index in [0.29, 0.717) is 0 Å². The second kappa shape index (κ2) is 4.23. The summed E-state index contributed by atoms with van der Waals surface area (Å²) in [6.45, 7) is 0. The van der Waals surface area contributed by atoms with Gasteiger partial charge in [-0.2, -0.15) is 0 Å². The Balaban J connectivity index is 3.13. The van der Waals surface area contributed by atoms with Crippen molar-refractivity contribution >= 4 is 48.7 Å². The van der Waals surface area contributed by atoms with Crippen LogP contribution >= 0.6 is 19.9 Å². The number of carbonyl (C=O) groups is 1. The molecule has 0 unspecified atom stereocenters. The summed E-state index contributed by atoms with van der Waals surface area (Å²) in [5, 5.41) is 8.66. The Morgan fingerprint density at radius 2 is 2.08 bits per heavy atom. The van der Waals surface area contributed by atoms with Crippen molar-refractivity contribution in [2.75, 3.05) is 5.73 Å². The van der Waals surface area contributed by atoms with E-state index in [2.05, 4.69) is 0 Å².